The number of pyridine rings is 1. The highest BCUT2D eigenvalue weighted by Gasteiger charge is 2.11. The van der Waals surface area contributed by atoms with Crippen molar-refractivity contribution in [2.75, 3.05) is 5.32 Å². The number of aromatic nitrogens is 1. The summed E-state index contributed by atoms with van der Waals surface area (Å²) in [7, 11) is 0. The van der Waals surface area contributed by atoms with Crippen molar-refractivity contribution in [3.63, 3.8) is 0 Å². The number of amides is 1. The first-order valence-electron chi connectivity index (χ1n) is 5.98. The molecule has 0 aliphatic rings. The van der Waals surface area contributed by atoms with Gasteiger partial charge in [0.15, 0.2) is 5.82 Å². The Hall–Kier alpha value is -3.02. The number of halogens is 1. The molecule has 0 radical (unpaired) electrons. The summed E-state index contributed by atoms with van der Waals surface area (Å²) in [6, 6.07) is 7.81. The van der Waals surface area contributed by atoms with Crippen LogP contribution in [0.25, 0.3) is 6.08 Å². The lowest BCUT2D eigenvalue weighted by Gasteiger charge is -2.06. The highest BCUT2D eigenvalue weighted by Crippen LogP contribution is 2.14. The van der Waals surface area contributed by atoms with Gasteiger partial charge in [0, 0.05) is 18.0 Å². The molecule has 0 bridgehead atoms. The molecule has 0 aliphatic carbocycles. The fraction of sp³-hybridized carbons (Fsp3) is 0. The van der Waals surface area contributed by atoms with Gasteiger partial charge in [-0.15, -0.1) is 0 Å². The third-order valence-corrected chi connectivity index (χ3v) is 2.58. The quantitative estimate of drug-likeness (QED) is 0.847. The summed E-state index contributed by atoms with van der Waals surface area (Å²) in [5.74, 6) is -2.38. The molecule has 0 unspecified atom stereocenters. The molecule has 0 aliphatic heterocycles. The number of rotatable bonds is 4. The largest absolute Gasteiger partial charge is 0.478 e. The Labute approximate surface area is 119 Å². The summed E-state index contributed by atoms with van der Waals surface area (Å²) < 4.78 is 13.4. The Morgan fingerprint density at radius 2 is 2.10 bits per heavy atom. The van der Waals surface area contributed by atoms with E-state index < -0.39 is 17.7 Å². The fourth-order valence-corrected chi connectivity index (χ4v) is 1.65. The number of hydrogen-bond donors (Lipinski definition) is 2. The van der Waals surface area contributed by atoms with Gasteiger partial charge in [0.2, 0.25) is 0 Å². The maximum Gasteiger partial charge on any atom is 0.328 e. The third-order valence-electron chi connectivity index (χ3n) is 2.58. The number of aliphatic carboxylic acids is 1. The van der Waals surface area contributed by atoms with E-state index in [1.165, 1.54) is 18.3 Å². The Balaban J connectivity index is 2.17. The Morgan fingerprint density at radius 1 is 1.29 bits per heavy atom. The Morgan fingerprint density at radius 3 is 2.81 bits per heavy atom. The molecule has 0 saturated carbocycles. The zero-order chi connectivity index (χ0) is 15.2. The van der Waals surface area contributed by atoms with Gasteiger partial charge in [0.05, 0.1) is 11.8 Å². The summed E-state index contributed by atoms with van der Waals surface area (Å²) in [5, 5.41) is 11.1. The van der Waals surface area contributed by atoms with Crippen molar-refractivity contribution in [2.45, 2.75) is 0 Å². The predicted molar refractivity (Wildman–Crippen MR) is 75.3 cm³/mol. The van der Waals surface area contributed by atoms with E-state index in [-0.39, 0.29) is 5.56 Å². The molecule has 106 valence electrons. The second-order valence-electron chi connectivity index (χ2n) is 4.11. The van der Waals surface area contributed by atoms with Crippen molar-refractivity contribution in [3.05, 3.63) is 65.7 Å². The summed E-state index contributed by atoms with van der Waals surface area (Å²) in [6.07, 6.45) is 4.67. The van der Waals surface area contributed by atoms with Crippen LogP contribution < -0.4 is 5.32 Å². The molecule has 5 nitrogen and oxygen atoms in total. The number of anilines is 1. The van der Waals surface area contributed by atoms with E-state index in [1.807, 2.05) is 0 Å². The molecule has 2 aromatic rings. The number of nitrogens with zero attached hydrogens (tertiary/aromatic N) is 1. The first-order chi connectivity index (χ1) is 10.1. The number of carboxylic acids is 1. The van der Waals surface area contributed by atoms with Crippen LogP contribution in [0.1, 0.15) is 15.9 Å². The highest BCUT2D eigenvalue weighted by atomic mass is 19.1. The molecule has 1 aromatic carbocycles. The average molecular weight is 286 g/mol. The zero-order valence-corrected chi connectivity index (χ0v) is 10.8. The van der Waals surface area contributed by atoms with E-state index in [0.717, 1.165) is 12.3 Å². The summed E-state index contributed by atoms with van der Waals surface area (Å²) >= 11 is 0. The summed E-state index contributed by atoms with van der Waals surface area (Å²) in [6.45, 7) is 0. The van der Waals surface area contributed by atoms with Crippen LogP contribution in [0.4, 0.5) is 10.1 Å². The van der Waals surface area contributed by atoms with Gasteiger partial charge in [-0.1, -0.05) is 12.1 Å². The number of carboxylic acid groups (broad SMARTS) is 1. The lowest BCUT2D eigenvalue weighted by Crippen LogP contribution is -2.13. The van der Waals surface area contributed by atoms with Crippen LogP contribution in [0.15, 0.2) is 48.8 Å². The molecular formula is C15H11FN2O3. The standard InChI is InChI=1S/C15H11FN2O3/c16-13-9-17-7-6-12(13)15(21)18-11-3-1-2-10(8-11)4-5-14(19)20/h1-9H,(H,18,21)(H,19,20). The van der Waals surface area contributed by atoms with Gasteiger partial charge < -0.3 is 10.4 Å². The van der Waals surface area contributed by atoms with E-state index in [1.54, 1.807) is 24.3 Å². The normalized spacial score (nSPS) is 10.5. The van der Waals surface area contributed by atoms with E-state index in [9.17, 15) is 14.0 Å². The zero-order valence-electron chi connectivity index (χ0n) is 10.8. The first-order valence-corrected chi connectivity index (χ1v) is 5.98. The molecule has 0 spiro atoms. The average Bonchev–Trinajstić information content (AvgIpc) is 2.46. The first kappa shape index (κ1) is 14.4. The van der Waals surface area contributed by atoms with Crippen molar-refractivity contribution in [3.8, 4) is 0 Å². The maximum atomic E-state index is 13.4. The van der Waals surface area contributed by atoms with Crippen LogP contribution in [-0.2, 0) is 4.79 Å². The van der Waals surface area contributed by atoms with Gasteiger partial charge in [0.1, 0.15) is 0 Å². The molecule has 0 fully saturated rings. The predicted octanol–water partition coefficient (Wildman–Crippen LogP) is 2.57. The SMILES string of the molecule is O=C(O)C=Cc1cccc(NC(=O)c2ccncc2F)c1. The van der Waals surface area contributed by atoms with Gasteiger partial charge in [-0.25, -0.2) is 9.18 Å². The maximum absolute atomic E-state index is 13.4. The molecule has 0 atom stereocenters. The van der Waals surface area contributed by atoms with Crippen LogP contribution in [-0.4, -0.2) is 22.0 Å². The van der Waals surface area contributed by atoms with Crippen LogP contribution in [0.2, 0.25) is 0 Å². The Kier molecular flexibility index (Phi) is 4.40. The minimum Gasteiger partial charge on any atom is -0.478 e. The van der Waals surface area contributed by atoms with Crippen molar-refractivity contribution >= 4 is 23.6 Å². The number of hydrogen-bond acceptors (Lipinski definition) is 3. The monoisotopic (exact) mass is 286 g/mol. The number of carbonyl (C=O) groups excluding carboxylic acids is 1. The molecular weight excluding hydrogens is 275 g/mol. The number of carbonyl (C=O) groups is 2. The van der Waals surface area contributed by atoms with Gasteiger partial charge in [-0.2, -0.15) is 0 Å². The molecule has 21 heavy (non-hydrogen) atoms. The molecule has 1 heterocycles. The second kappa shape index (κ2) is 6.42. The Bertz CT molecular complexity index is 714. The van der Waals surface area contributed by atoms with E-state index in [2.05, 4.69) is 10.3 Å². The van der Waals surface area contributed by atoms with Crippen molar-refractivity contribution < 1.29 is 19.1 Å². The highest BCUT2D eigenvalue weighted by molar-refractivity contribution is 6.04. The van der Waals surface area contributed by atoms with E-state index >= 15 is 0 Å². The van der Waals surface area contributed by atoms with E-state index in [4.69, 9.17) is 5.11 Å². The van der Waals surface area contributed by atoms with Crippen molar-refractivity contribution in [1.82, 2.24) is 4.98 Å². The van der Waals surface area contributed by atoms with Gasteiger partial charge in [0.25, 0.3) is 5.91 Å². The molecule has 2 rings (SSSR count). The van der Waals surface area contributed by atoms with Crippen molar-refractivity contribution in [1.29, 1.82) is 0 Å². The lowest BCUT2D eigenvalue weighted by molar-refractivity contribution is -0.131. The number of benzene rings is 1. The smallest absolute Gasteiger partial charge is 0.328 e. The summed E-state index contributed by atoms with van der Waals surface area (Å²) in [5.41, 5.74) is 0.922. The molecule has 0 saturated heterocycles. The van der Waals surface area contributed by atoms with Gasteiger partial charge >= 0.3 is 5.97 Å². The molecule has 1 aromatic heterocycles. The third kappa shape index (κ3) is 3.97. The fourth-order valence-electron chi connectivity index (χ4n) is 1.65. The van der Waals surface area contributed by atoms with Gasteiger partial charge in [-0.3, -0.25) is 9.78 Å². The molecule has 1 amide bonds. The summed E-state index contributed by atoms with van der Waals surface area (Å²) in [4.78, 5) is 25.9. The van der Waals surface area contributed by atoms with Crippen LogP contribution >= 0.6 is 0 Å². The van der Waals surface area contributed by atoms with Crippen LogP contribution in [0.3, 0.4) is 0 Å². The van der Waals surface area contributed by atoms with Crippen LogP contribution in [0.5, 0.6) is 0 Å². The second-order valence-corrected chi connectivity index (χ2v) is 4.11. The topological polar surface area (TPSA) is 79.3 Å². The van der Waals surface area contributed by atoms with Crippen LogP contribution in [0, 0.1) is 5.82 Å². The minimum atomic E-state index is -1.07. The molecule has 6 heteroatoms. The minimum absolute atomic E-state index is 0.114. The molecule has 2 N–H and O–H groups in total. The lowest BCUT2D eigenvalue weighted by atomic mass is 10.1. The number of nitrogens with one attached hydrogen (secondary N) is 1. The van der Waals surface area contributed by atoms with Gasteiger partial charge in [-0.05, 0) is 29.8 Å². The van der Waals surface area contributed by atoms with E-state index in [0.29, 0.717) is 11.3 Å². The van der Waals surface area contributed by atoms with Crippen molar-refractivity contribution in [2.24, 2.45) is 0 Å².